The molecule has 194 valence electrons. The van der Waals surface area contributed by atoms with Crippen molar-refractivity contribution in [1.82, 2.24) is 10.6 Å². The molecule has 0 radical (unpaired) electrons. The number of nitrogens with one attached hydrogen (secondary N) is 2. The Labute approximate surface area is 207 Å². The molecular weight excluding hydrogens is 456 g/mol. The van der Waals surface area contributed by atoms with Crippen LogP contribution < -0.4 is 10.6 Å². The highest BCUT2D eigenvalue weighted by Gasteiger charge is 2.49. The molecule has 4 aliphatic rings. The van der Waals surface area contributed by atoms with Crippen LogP contribution in [0.1, 0.15) is 46.5 Å². The van der Waals surface area contributed by atoms with E-state index in [1.54, 1.807) is 0 Å². The fourth-order valence-electron chi connectivity index (χ4n) is 6.03. The number of ether oxygens (including phenoxy) is 2. The van der Waals surface area contributed by atoms with Gasteiger partial charge in [0.05, 0.1) is 12.1 Å². The van der Waals surface area contributed by atoms with Gasteiger partial charge in [0.2, 0.25) is 5.91 Å². The van der Waals surface area contributed by atoms with Crippen LogP contribution in [0.5, 0.6) is 0 Å². The van der Waals surface area contributed by atoms with Gasteiger partial charge in [-0.3, -0.25) is 4.79 Å². The minimum absolute atomic E-state index is 0.127. The largest absolute Gasteiger partial charge is 0.388 e. The maximum Gasteiger partial charge on any atom is 0.240 e. The van der Waals surface area contributed by atoms with E-state index in [0.717, 1.165) is 31.6 Å². The normalized spacial score (nSPS) is 46.4. The molecule has 4 aliphatic heterocycles. The number of thioether (sulfide) groups is 1. The van der Waals surface area contributed by atoms with Gasteiger partial charge in [-0.15, -0.1) is 11.8 Å². The van der Waals surface area contributed by atoms with Crippen LogP contribution in [0.15, 0.2) is 12.2 Å². The van der Waals surface area contributed by atoms with Crippen LogP contribution >= 0.6 is 11.8 Å². The second-order valence-corrected chi connectivity index (χ2v) is 12.1. The Morgan fingerprint density at radius 2 is 2.00 bits per heavy atom. The van der Waals surface area contributed by atoms with Crippen molar-refractivity contribution in [3.63, 3.8) is 0 Å². The molecule has 0 saturated carbocycles. The molecule has 3 fully saturated rings. The summed E-state index contributed by atoms with van der Waals surface area (Å²) < 4.78 is 12.3. The molecule has 4 heterocycles. The van der Waals surface area contributed by atoms with Gasteiger partial charge in [-0.25, -0.2) is 0 Å². The van der Waals surface area contributed by atoms with E-state index in [-0.39, 0.29) is 17.9 Å². The van der Waals surface area contributed by atoms with Gasteiger partial charge in [-0.2, -0.15) is 0 Å². The summed E-state index contributed by atoms with van der Waals surface area (Å²) in [5, 5.41) is 38.2. The van der Waals surface area contributed by atoms with Crippen molar-refractivity contribution in [3.8, 4) is 0 Å². The average molecular weight is 499 g/mol. The fourth-order valence-corrected chi connectivity index (χ4v) is 7.10. The van der Waals surface area contributed by atoms with Gasteiger partial charge in [0.25, 0.3) is 0 Å². The highest BCUT2D eigenvalue weighted by molar-refractivity contribution is 7.99. The van der Waals surface area contributed by atoms with Gasteiger partial charge in [-0.1, -0.05) is 32.9 Å². The highest BCUT2D eigenvalue weighted by atomic mass is 32.2. The predicted molar refractivity (Wildman–Crippen MR) is 131 cm³/mol. The van der Waals surface area contributed by atoms with E-state index in [1.165, 1.54) is 18.2 Å². The summed E-state index contributed by atoms with van der Waals surface area (Å²) in [5.41, 5.74) is -0.654. The molecule has 0 aliphatic carbocycles. The third-order valence-corrected chi connectivity index (χ3v) is 8.98. The first-order chi connectivity index (χ1) is 16.3. The summed E-state index contributed by atoms with van der Waals surface area (Å²) in [5.74, 6) is 2.01. The van der Waals surface area contributed by atoms with Crippen LogP contribution in [0.2, 0.25) is 0 Å². The third-order valence-electron chi connectivity index (χ3n) is 7.79. The lowest BCUT2D eigenvalue weighted by atomic mass is 9.85. The third kappa shape index (κ3) is 5.82. The molecule has 0 unspecified atom stereocenters. The monoisotopic (exact) mass is 498 g/mol. The van der Waals surface area contributed by atoms with Crippen LogP contribution in [-0.2, 0) is 14.3 Å². The zero-order chi connectivity index (χ0) is 24.4. The number of amides is 1. The second kappa shape index (κ2) is 11.6. The van der Waals surface area contributed by atoms with Gasteiger partial charge in [-0.05, 0) is 55.1 Å². The summed E-state index contributed by atoms with van der Waals surface area (Å²) in [6.07, 6.45) is 3.36. The number of hydrogen-bond donors (Lipinski definition) is 5. The number of fused-ring (bicyclic) bond motifs is 3. The van der Waals surface area contributed by atoms with E-state index in [4.69, 9.17) is 9.47 Å². The zero-order valence-electron chi connectivity index (χ0n) is 20.5. The molecular formula is C25H42N2O6S. The molecule has 0 spiro atoms. The average Bonchev–Trinajstić information content (AvgIpc) is 3.08. The Hall–Kier alpha value is -0.680. The van der Waals surface area contributed by atoms with Crippen molar-refractivity contribution in [2.24, 2.45) is 23.7 Å². The molecule has 3 saturated heterocycles. The molecule has 11 atom stereocenters. The molecule has 0 aromatic heterocycles. The quantitative estimate of drug-likeness (QED) is 0.365. The Balaban J connectivity index is 1.48. The molecule has 0 aromatic rings. The molecule has 34 heavy (non-hydrogen) atoms. The summed E-state index contributed by atoms with van der Waals surface area (Å²) in [4.78, 5) is 13.5. The van der Waals surface area contributed by atoms with Crippen LogP contribution in [0.25, 0.3) is 0 Å². The van der Waals surface area contributed by atoms with E-state index in [1.807, 2.05) is 13.0 Å². The Kier molecular flexibility index (Phi) is 8.99. The number of rotatable bonds is 4. The van der Waals surface area contributed by atoms with E-state index in [0.29, 0.717) is 24.4 Å². The predicted octanol–water partition coefficient (Wildman–Crippen LogP) is 1.04. The van der Waals surface area contributed by atoms with Crippen molar-refractivity contribution in [2.45, 2.75) is 94.5 Å². The number of allylic oxidation sites excluding steroid dienone is 1. The first kappa shape index (κ1) is 26.4. The maximum absolute atomic E-state index is 13.5. The molecule has 9 heteroatoms. The van der Waals surface area contributed by atoms with Crippen molar-refractivity contribution < 1.29 is 29.6 Å². The second-order valence-electron chi connectivity index (χ2n) is 10.9. The van der Waals surface area contributed by atoms with Crippen molar-refractivity contribution in [3.05, 3.63) is 12.2 Å². The molecule has 5 N–H and O–H groups in total. The van der Waals surface area contributed by atoms with E-state index >= 15 is 0 Å². The standard InChI is InChI=1S/C25H42N2O6S/c1-13(2)10-15-7-8-32-22-16(11-15)12-26-18(22)24(31)27-17-14(3)6-4-5-9-34-25-21(30)19(28)20(29)23(17)33-25/h4,6,13-23,25-26,28-30H,5,7-12H2,1-3H3,(H,27,31)/b6-4-/t14-,15-,16-,17+,18-,19-,20+,21+,22+,23+,25+/m0/s1. The summed E-state index contributed by atoms with van der Waals surface area (Å²) in [6, 6.07) is -1.02. The minimum atomic E-state index is -1.33. The molecule has 2 bridgehead atoms. The number of carbonyl (C=O) groups excluding carboxylic acids is 1. The van der Waals surface area contributed by atoms with Crippen LogP contribution in [0.3, 0.4) is 0 Å². The van der Waals surface area contributed by atoms with Gasteiger partial charge in [0.1, 0.15) is 35.9 Å². The first-order valence-electron chi connectivity index (χ1n) is 12.9. The van der Waals surface area contributed by atoms with E-state index in [9.17, 15) is 20.1 Å². The molecule has 4 rings (SSSR count). The van der Waals surface area contributed by atoms with Gasteiger partial charge >= 0.3 is 0 Å². The fraction of sp³-hybridized carbons (Fsp3) is 0.880. The van der Waals surface area contributed by atoms with Crippen LogP contribution in [-0.4, -0.2) is 88.2 Å². The summed E-state index contributed by atoms with van der Waals surface area (Å²) in [6.45, 7) is 7.90. The van der Waals surface area contributed by atoms with Crippen LogP contribution in [0.4, 0.5) is 0 Å². The van der Waals surface area contributed by atoms with Crippen molar-refractivity contribution >= 4 is 17.7 Å². The summed E-state index contributed by atoms with van der Waals surface area (Å²) in [7, 11) is 0. The number of carbonyl (C=O) groups is 1. The van der Waals surface area contributed by atoms with Crippen molar-refractivity contribution in [2.75, 3.05) is 18.9 Å². The van der Waals surface area contributed by atoms with Gasteiger partial charge in [0.15, 0.2) is 0 Å². The molecule has 1 amide bonds. The highest BCUT2D eigenvalue weighted by Crippen LogP contribution is 2.35. The molecule has 8 nitrogen and oxygen atoms in total. The smallest absolute Gasteiger partial charge is 0.240 e. The Morgan fingerprint density at radius 3 is 2.76 bits per heavy atom. The van der Waals surface area contributed by atoms with E-state index in [2.05, 4.69) is 30.6 Å². The number of aliphatic hydroxyl groups is 3. The Morgan fingerprint density at radius 1 is 1.21 bits per heavy atom. The zero-order valence-corrected chi connectivity index (χ0v) is 21.3. The number of hydrogen-bond acceptors (Lipinski definition) is 8. The van der Waals surface area contributed by atoms with Gasteiger partial charge < -0.3 is 35.4 Å². The lowest BCUT2D eigenvalue weighted by molar-refractivity contribution is -0.207. The molecule has 0 aromatic carbocycles. The van der Waals surface area contributed by atoms with Crippen molar-refractivity contribution in [1.29, 1.82) is 0 Å². The van der Waals surface area contributed by atoms with E-state index < -0.39 is 41.9 Å². The summed E-state index contributed by atoms with van der Waals surface area (Å²) >= 11 is 1.42. The Bertz CT molecular complexity index is 724. The lowest BCUT2D eigenvalue weighted by Gasteiger charge is -2.45. The van der Waals surface area contributed by atoms with Gasteiger partial charge in [0, 0.05) is 13.2 Å². The SMILES string of the molecule is CC(C)C[C@@H]1CCO[C@@H]2[C@H](CN[C@@H]2C(=O)N[C@H]2[C@H]3O[C@H](SCC/C=C\[C@@H]2C)[C@H](O)[C@@H](O)[C@H]3O)C1. The first-order valence-corrected chi connectivity index (χ1v) is 13.9. The topological polar surface area (TPSA) is 120 Å². The lowest BCUT2D eigenvalue weighted by Crippen LogP contribution is -2.65. The maximum atomic E-state index is 13.5. The number of aliphatic hydroxyl groups excluding tert-OH is 3. The minimum Gasteiger partial charge on any atom is -0.388 e. The van der Waals surface area contributed by atoms with Crippen LogP contribution in [0, 0.1) is 23.7 Å².